The van der Waals surface area contributed by atoms with Crippen molar-refractivity contribution in [1.29, 1.82) is 0 Å². The first-order chi connectivity index (χ1) is 8.29. The Balaban J connectivity index is 1.94. The second-order valence-corrected chi connectivity index (χ2v) is 3.98. The molecule has 0 saturated carbocycles. The smallest absolute Gasteiger partial charge is 0.338 e. The third-order valence-corrected chi connectivity index (χ3v) is 2.68. The third kappa shape index (κ3) is 3.20. The zero-order chi connectivity index (χ0) is 12.1. The summed E-state index contributed by atoms with van der Waals surface area (Å²) in [5, 5.41) is 3.24. The molecule has 1 aliphatic heterocycles. The minimum atomic E-state index is -0.290. The number of rotatable bonds is 4. The number of hydrogen-bond donors (Lipinski definition) is 1. The van der Waals surface area contributed by atoms with Crippen LogP contribution in [0.3, 0.4) is 0 Å². The van der Waals surface area contributed by atoms with Crippen LogP contribution in [0, 0.1) is 0 Å². The monoisotopic (exact) mass is 235 g/mol. The van der Waals surface area contributed by atoms with Crippen LogP contribution in [0.1, 0.15) is 23.7 Å². The molecule has 17 heavy (non-hydrogen) atoms. The van der Waals surface area contributed by atoms with E-state index in [4.69, 9.17) is 9.47 Å². The van der Waals surface area contributed by atoms with Crippen molar-refractivity contribution in [3.8, 4) is 5.75 Å². The predicted molar refractivity (Wildman–Crippen MR) is 64.3 cm³/mol. The van der Waals surface area contributed by atoms with E-state index in [1.54, 1.807) is 19.1 Å². The summed E-state index contributed by atoms with van der Waals surface area (Å²) in [5.74, 6) is 0.508. The van der Waals surface area contributed by atoms with Gasteiger partial charge in [0.1, 0.15) is 11.9 Å². The van der Waals surface area contributed by atoms with Gasteiger partial charge in [0, 0.05) is 6.54 Å². The van der Waals surface area contributed by atoms with E-state index < -0.39 is 0 Å². The highest BCUT2D eigenvalue weighted by atomic mass is 16.5. The molecule has 0 radical (unpaired) electrons. The van der Waals surface area contributed by atoms with Crippen LogP contribution in [-0.2, 0) is 4.74 Å². The lowest BCUT2D eigenvalue weighted by Crippen LogP contribution is -2.19. The summed E-state index contributed by atoms with van der Waals surface area (Å²) in [4.78, 5) is 11.4. The number of ether oxygens (including phenoxy) is 2. The molecule has 4 heteroatoms. The quantitative estimate of drug-likeness (QED) is 0.805. The Morgan fingerprint density at radius 2 is 2.18 bits per heavy atom. The standard InChI is InChI=1S/C13H17NO3/c1-2-16-13(15)10-3-5-11(6-4-10)17-12-7-8-14-9-12/h3-6,12,14H,2,7-9H2,1H3/t12-/m1/s1. The van der Waals surface area contributed by atoms with Crippen LogP contribution in [0.2, 0.25) is 0 Å². The van der Waals surface area contributed by atoms with Gasteiger partial charge in [-0.05, 0) is 44.2 Å². The largest absolute Gasteiger partial charge is 0.489 e. The summed E-state index contributed by atoms with van der Waals surface area (Å²) in [6, 6.07) is 7.08. The van der Waals surface area contributed by atoms with Crippen molar-refractivity contribution in [3.63, 3.8) is 0 Å². The molecule has 0 unspecified atom stereocenters. The van der Waals surface area contributed by atoms with Gasteiger partial charge < -0.3 is 14.8 Å². The molecule has 0 aromatic heterocycles. The topological polar surface area (TPSA) is 47.6 Å². The zero-order valence-electron chi connectivity index (χ0n) is 9.94. The summed E-state index contributed by atoms with van der Waals surface area (Å²) < 4.78 is 10.7. The maximum Gasteiger partial charge on any atom is 0.338 e. The van der Waals surface area contributed by atoms with Gasteiger partial charge in [-0.25, -0.2) is 4.79 Å². The molecular formula is C13H17NO3. The van der Waals surface area contributed by atoms with Crippen molar-refractivity contribution in [1.82, 2.24) is 5.32 Å². The molecule has 2 rings (SSSR count). The van der Waals surface area contributed by atoms with Crippen LogP contribution < -0.4 is 10.1 Å². The molecule has 1 aromatic carbocycles. The molecule has 1 heterocycles. The van der Waals surface area contributed by atoms with Crippen molar-refractivity contribution < 1.29 is 14.3 Å². The molecule has 1 atom stereocenters. The average molecular weight is 235 g/mol. The van der Waals surface area contributed by atoms with Crippen molar-refractivity contribution in [2.24, 2.45) is 0 Å². The van der Waals surface area contributed by atoms with Crippen molar-refractivity contribution >= 4 is 5.97 Å². The number of carbonyl (C=O) groups excluding carboxylic acids is 1. The van der Waals surface area contributed by atoms with E-state index in [0.29, 0.717) is 12.2 Å². The van der Waals surface area contributed by atoms with Crippen LogP contribution in [0.5, 0.6) is 5.75 Å². The highest BCUT2D eigenvalue weighted by molar-refractivity contribution is 5.89. The van der Waals surface area contributed by atoms with Gasteiger partial charge in [-0.3, -0.25) is 0 Å². The molecule has 1 fully saturated rings. The molecule has 92 valence electrons. The van der Waals surface area contributed by atoms with Crippen LogP contribution in [0.4, 0.5) is 0 Å². The van der Waals surface area contributed by atoms with Crippen LogP contribution in [0.15, 0.2) is 24.3 Å². The van der Waals surface area contributed by atoms with E-state index in [1.807, 2.05) is 12.1 Å². The van der Waals surface area contributed by atoms with Gasteiger partial charge in [-0.15, -0.1) is 0 Å². The zero-order valence-corrected chi connectivity index (χ0v) is 9.94. The van der Waals surface area contributed by atoms with E-state index in [2.05, 4.69) is 5.32 Å². The van der Waals surface area contributed by atoms with Crippen molar-refractivity contribution in [3.05, 3.63) is 29.8 Å². The maximum absolute atomic E-state index is 11.4. The molecule has 0 spiro atoms. The van der Waals surface area contributed by atoms with Crippen molar-refractivity contribution in [2.75, 3.05) is 19.7 Å². The fourth-order valence-corrected chi connectivity index (χ4v) is 1.81. The SMILES string of the molecule is CCOC(=O)c1ccc(O[C@@H]2CCNC2)cc1. The highest BCUT2D eigenvalue weighted by Crippen LogP contribution is 2.16. The Morgan fingerprint density at radius 3 is 2.76 bits per heavy atom. The summed E-state index contributed by atoms with van der Waals surface area (Å²) in [7, 11) is 0. The van der Waals surface area contributed by atoms with Gasteiger partial charge in [0.25, 0.3) is 0 Å². The highest BCUT2D eigenvalue weighted by Gasteiger charge is 2.16. The lowest BCUT2D eigenvalue weighted by Gasteiger charge is -2.12. The number of nitrogens with one attached hydrogen (secondary N) is 1. The lowest BCUT2D eigenvalue weighted by atomic mass is 10.2. The summed E-state index contributed by atoms with van der Waals surface area (Å²) in [6.07, 6.45) is 1.27. The van der Waals surface area contributed by atoms with E-state index in [1.165, 1.54) is 0 Å². The van der Waals surface area contributed by atoms with Crippen molar-refractivity contribution in [2.45, 2.75) is 19.4 Å². The normalized spacial score (nSPS) is 19.0. The number of hydrogen-bond acceptors (Lipinski definition) is 4. The van der Waals surface area contributed by atoms with Gasteiger partial charge >= 0.3 is 5.97 Å². The third-order valence-electron chi connectivity index (χ3n) is 2.68. The molecule has 1 saturated heterocycles. The molecule has 1 aliphatic rings. The van der Waals surface area contributed by atoms with E-state index in [9.17, 15) is 4.79 Å². The Kier molecular flexibility index (Phi) is 3.98. The van der Waals surface area contributed by atoms with Crippen LogP contribution >= 0.6 is 0 Å². The maximum atomic E-state index is 11.4. The predicted octanol–water partition coefficient (Wildman–Crippen LogP) is 1.60. The van der Waals surface area contributed by atoms with E-state index in [-0.39, 0.29) is 12.1 Å². The molecule has 0 amide bonds. The van der Waals surface area contributed by atoms with Gasteiger partial charge in [-0.2, -0.15) is 0 Å². The molecule has 1 aromatic rings. The first-order valence-corrected chi connectivity index (χ1v) is 5.94. The molecule has 1 N–H and O–H groups in total. The summed E-state index contributed by atoms with van der Waals surface area (Å²) in [6.45, 7) is 4.08. The summed E-state index contributed by atoms with van der Waals surface area (Å²) in [5.41, 5.74) is 0.559. The first kappa shape index (κ1) is 11.9. The van der Waals surface area contributed by atoms with Crippen LogP contribution in [0.25, 0.3) is 0 Å². The fourth-order valence-electron chi connectivity index (χ4n) is 1.81. The number of carbonyl (C=O) groups is 1. The fraction of sp³-hybridized carbons (Fsp3) is 0.462. The molecule has 0 aliphatic carbocycles. The Morgan fingerprint density at radius 1 is 1.41 bits per heavy atom. The Labute approximate surface area is 101 Å². The first-order valence-electron chi connectivity index (χ1n) is 5.94. The van der Waals surface area contributed by atoms with E-state index >= 15 is 0 Å². The van der Waals surface area contributed by atoms with Crippen LogP contribution in [-0.4, -0.2) is 31.8 Å². The number of esters is 1. The molecule has 0 bridgehead atoms. The lowest BCUT2D eigenvalue weighted by molar-refractivity contribution is 0.0526. The van der Waals surface area contributed by atoms with Gasteiger partial charge in [-0.1, -0.05) is 0 Å². The second kappa shape index (κ2) is 5.68. The number of benzene rings is 1. The molecular weight excluding hydrogens is 218 g/mol. The Hall–Kier alpha value is -1.55. The van der Waals surface area contributed by atoms with Gasteiger partial charge in [0.2, 0.25) is 0 Å². The second-order valence-electron chi connectivity index (χ2n) is 3.98. The Bertz CT molecular complexity index is 369. The summed E-state index contributed by atoms with van der Waals surface area (Å²) >= 11 is 0. The minimum absolute atomic E-state index is 0.239. The minimum Gasteiger partial charge on any atom is -0.489 e. The average Bonchev–Trinajstić information content (AvgIpc) is 2.83. The van der Waals surface area contributed by atoms with Gasteiger partial charge in [0.05, 0.1) is 12.2 Å². The van der Waals surface area contributed by atoms with E-state index in [0.717, 1.165) is 25.3 Å². The molecule has 4 nitrogen and oxygen atoms in total. The van der Waals surface area contributed by atoms with Gasteiger partial charge in [0.15, 0.2) is 0 Å².